The van der Waals surface area contributed by atoms with Crippen LogP contribution in [0.25, 0.3) is 0 Å². The van der Waals surface area contributed by atoms with Gasteiger partial charge in [-0.1, -0.05) is 25.1 Å². The summed E-state index contributed by atoms with van der Waals surface area (Å²) in [6.45, 7) is 7.44. The smallest absolute Gasteiger partial charge is 0.119 e. The summed E-state index contributed by atoms with van der Waals surface area (Å²) in [4.78, 5) is 0. The molecule has 2 nitrogen and oxygen atoms in total. The van der Waals surface area contributed by atoms with Crippen molar-refractivity contribution < 1.29 is 4.74 Å². The average Bonchev–Trinajstić information content (AvgIpc) is 2.19. The Hall–Kier alpha value is -1.02. The van der Waals surface area contributed by atoms with E-state index in [1.807, 2.05) is 30.3 Å². The van der Waals surface area contributed by atoms with Crippen LogP contribution in [0.3, 0.4) is 0 Å². The molecule has 0 saturated carbocycles. The zero-order valence-electron chi connectivity index (χ0n) is 9.86. The molecule has 0 radical (unpaired) electrons. The molecular formula is C13H21NO. The SMILES string of the molecule is CCNC(C)CC(C)Oc1ccccc1. The molecule has 0 aromatic heterocycles. The molecule has 0 fully saturated rings. The van der Waals surface area contributed by atoms with Gasteiger partial charge >= 0.3 is 0 Å². The fourth-order valence-corrected chi connectivity index (χ4v) is 1.71. The van der Waals surface area contributed by atoms with E-state index in [0.29, 0.717) is 6.04 Å². The fraction of sp³-hybridized carbons (Fsp3) is 0.538. The molecule has 0 saturated heterocycles. The molecule has 0 amide bonds. The van der Waals surface area contributed by atoms with Crippen LogP contribution in [0.1, 0.15) is 27.2 Å². The number of nitrogens with one attached hydrogen (secondary N) is 1. The highest BCUT2D eigenvalue weighted by molar-refractivity contribution is 5.21. The Morgan fingerprint density at radius 2 is 1.87 bits per heavy atom. The van der Waals surface area contributed by atoms with E-state index in [4.69, 9.17) is 4.74 Å². The highest BCUT2D eigenvalue weighted by Crippen LogP contribution is 2.12. The van der Waals surface area contributed by atoms with E-state index in [9.17, 15) is 0 Å². The molecular weight excluding hydrogens is 186 g/mol. The second kappa shape index (κ2) is 6.46. The second-order valence-electron chi connectivity index (χ2n) is 3.94. The van der Waals surface area contributed by atoms with E-state index in [1.165, 1.54) is 0 Å². The van der Waals surface area contributed by atoms with Crippen LogP contribution in [-0.4, -0.2) is 18.7 Å². The minimum atomic E-state index is 0.251. The number of para-hydroxylation sites is 1. The molecule has 84 valence electrons. The summed E-state index contributed by atoms with van der Waals surface area (Å²) >= 11 is 0. The summed E-state index contributed by atoms with van der Waals surface area (Å²) in [6.07, 6.45) is 1.28. The zero-order valence-corrected chi connectivity index (χ0v) is 9.86. The number of rotatable bonds is 6. The van der Waals surface area contributed by atoms with Crippen LogP contribution in [-0.2, 0) is 0 Å². The molecule has 1 N–H and O–H groups in total. The lowest BCUT2D eigenvalue weighted by Gasteiger charge is -2.19. The molecule has 15 heavy (non-hydrogen) atoms. The Bertz CT molecular complexity index is 260. The summed E-state index contributed by atoms with van der Waals surface area (Å²) in [5.41, 5.74) is 0. The van der Waals surface area contributed by atoms with Crippen LogP contribution in [0.15, 0.2) is 30.3 Å². The van der Waals surface area contributed by atoms with Crippen molar-refractivity contribution in [2.45, 2.75) is 39.3 Å². The number of hydrogen-bond donors (Lipinski definition) is 1. The van der Waals surface area contributed by atoms with Gasteiger partial charge in [0.05, 0.1) is 6.10 Å². The maximum absolute atomic E-state index is 5.79. The molecule has 1 aromatic carbocycles. The van der Waals surface area contributed by atoms with Crippen molar-refractivity contribution in [2.75, 3.05) is 6.54 Å². The van der Waals surface area contributed by atoms with Crippen molar-refractivity contribution in [3.63, 3.8) is 0 Å². The molecule has 1 rings (SSSR count). The van der Waals surface area contributed by atoms with Gasteiger partial charge in [0.2, 0.25) is 0 Å². The van der Waals surface area contributed by atoms with Crippen LogP contribution in [0.4, 0.5) is 0 Å². The van der Waals surface area contributed by atoms with E-state index in [0.717, 1.165) is 18.7 Å². The van der Waals surface area contributed by atoms with Crippen molar-refractivity contribution in [1.29, 1.82) is 0 Å². The van der Waals surface area contributed by atoms with Crippen LogP contribution in [0.2, 0.25) is 0 Å². The maximum Gasteiger partial charge on any atom is 0.119 e. The van der Waals surface area contributed by atoms with Crippen LogP contribution >= 0.6 is 0 Å². The summed E-state index contributed by atoms with van der Waals surface area (Å²) in [5.74, 6) is 0.952. The molecule has 1 aromatic rings. The minimum absolute atomic E-state index is 0.251. The van der Waals surface area contributed by atoms with Gasteiger partial charge in [0, 0.05) is 6.04 Å². The predicted molar refractivity (Wildman–Crippen MR) is 64.3 cm³/mol. The first-order chi connectivity index (χ1) is 7.22. The molecule has 0 aliphatic rings. The maximum atomic E-state index is 5.79. The highest BCUT2D eigenvalue weighted by atomic mass is 16.5. The summed E-state index contributed by atoms with van der Waals surface area (Å²) in [6, 6.07) is 10.5. The number of ether oxygens (including phenoxy) is 1. The van der Waals surface area contributed by atoms with Crippen LogP contribution in [0, 0.1) is 0 Å². The Labute approximate surface area is 92.6 Å². The third-order valence-electron chi connectivity index (χ3n) is 2.32. The van der Waals surface area contributed by atoms with Crippen LogP contribution < -0.4 is 10.1 Å². The predicted octanol–water partition coefficient (Wildman–Crippen LogP) is 2.84. The van der Waals surface area contributed by atoms with Gasteiger partial charge in [-0.3, -0.25) is 0 Å². The van der Waals surface area contributed by atoms with Crippen molar-refractivity contribution in [3.05, 3.63) is 30.3 Å². The first-order valence-electron chi connectivity index (χ1n) is 5.67. The Balaban J connectivity index is 2.33. The van der Waals surface area contributed by atoms with Crippen molar-refractivity contribution >= 4 is 0 Å². The minimum Gasteiger partial charge on any atom is -0.491 e. The molecule has 2 atom stereocenters. The quantitative estimate of drug-likeness (QED) is 0.774. The highest BCUT2D eigenvalue weighted by Gasteiger charge is 2.08. The van der Waals surface area contributed by atoms with E-state index >= 15 is 0 Å². The molecule has 0 bridgehead atoms. The Kier molecular flexibility index (Phi) is 5.19. The van der Waals surface area contributed by atoms with Crippen molar-refractivity contribution in [1.82, 2.24) is 5.32 Å². The van der Waals surface area contributed by atoms with E-state index in [2.05, 4.69) is 26.1 Å². The molecule has 2 unspecified atom stereocenters. The summed E-state index contributed by atoms with van der Waals surface area (Å²) < 4.78 is 5.79. The van der Waals surface area contributed by atoms with Crippen molar-refractivity contribution in [3.8, 4) is 5.75 Å². The van der Waals surface area contributed by atoms with E-state index < -0.39 is 0 Å². The van der Waals surface area contributed by atoms with Crippen LogP contribution in [0.5, 0.6) is 5.75 Å². The monoisotopic (exact) mass is 207 g/mol. The standard InChI is InChI=1S/C13H21NO/c1-4-14-11(2)10-12(3)15-13-8-6-5-7-9-13/h5-9,11-12,14H,4,10H2,1-3H3. The van der Waals surface area contributed by atoms with Gasteiger partial charge in [-0.05, 0) is 38.9 Å². The van der Waals surface area contributed by atoms with Gasteiger partial charge in [-0.2, -0.15) is 0 Å². The van der Waals surface area contributed by atoms with Gasteiger partial charge in [-0.25, -0.2) is 0 Å². The third kappa shape index (κ3) is 4.84. The molecule has 0 aliphatic heterocycles. The van der Waals surface area contributed by atoms with E-state index in [-0.39, 0.29) is 6.10 Å². The summed E-state index contributed by atoms with van der Waals surface area (Å²) in [5, 5.41) is 3.38. The number of benzene rings is 1. The Morgan fingerprint density at radius 1 is 1.20 bits per heavy atom. The van der Waals surface area contributed by atoms with Gasteiger partial charge in [0.15, 0.2) is 0 Å². The molecule has 2 heteroatoms. The van der Waals surface area contributed by atoms with E-state index in [1.54, 1.807) is 0 Å². The largest absolute Gasteiger partial charge is 0.491 e. The summed E-state index contributed by atoms with van der Waals surface area (Å²) in [7, 11) is 0. The first-order valence-corrected chi connectivity index (χ1v) is 5.67. The van der Waals surface area contributed by atoms with Gasteiger partial charge in [0.1, 0.15) is 5.75 Å². The third-order valence-corrected chi connectivity index (χ3v) is 2.32. The fourth-order valence-electron chi connectivity index (χ4n) is 1.71. The number of hydrogen-bond acceptors (Lipinski definition) is 2. The average molecular weight is 207 g/mol. The molecule has 0 spiro atoms. The van der Waals surface area contributed by atoms with Gasteiger partial charge in [0.25, 0.3) is 0 Å². The normalized spacial score (nSPS) is 14.6. The first kappa shape index (κ1) is 12.1. The zero-order chi connectivity index (χ0) is 11.1. The lowest BCUT2D eigenvalue weighted by molar-refractivity contribution is 0.196. The Morgan fingerprint density at radius 3 is 2.47 bits per heavy atom. The molecule has 0 heterocycles. The topological polar surface area (TPSA) is 21.3 Å². The lowest BCUT2D eigenvalue weighted by atomic mass is 10.1. The molecule has 0 aliphatic carbocycles. The second-order valence-corrected chi connectivity index (χ2v) is 3.94. The van der Waals surface area contributed by atoms with Crippen molar-refractivity contribution in [2.24, 2.45) is 0 Å². The van der Waals surface area contributed by atoms with Gasteiger partial charge < -0.3 is 10.1 Å². The van der Waals surface area contributed by atoms with Gasteiger partial charge in [-0.15, -0.1) is 0 Å². The lowest BCUT2D eigenvalue weighted by Crippen LogP contribution is -2.30.